The van der Waals surface area contributed by atoms with E-state index in [1.54, 1.807) is 0 Å². The maximum Gasteiger partial charge on any atom is 0.224 e. The van der Waals surface area contributed by atoms with E-state index in [0.717, 1.165) is 25.0 Å². The van der Waals surface area contributed by atoms with Crippen molar-refractivity contribution in [1.82, 2.24) is 5.32 Å². The minimum Gasteiger partial charge on any atom is -0.326 e. The topological polar surface area (TPSA) is 29.1 Å². The fraction of sp³-hybridized carbons (Fsp3) is 0.583. The van der Waals surface area contributed by atoms with Gasteiger partial charge in [0.1, 0.15) is 0 Å². The van der Waals surface area contributed by atoms with E-state index in [9.17, 15) is 4.79 Å². The van der Waals surface area contributed by atoms with Crippen LogP contribution in [0.3, 0.4) is 0 Å². The molecule has 2 nitrogen and oxygen atoms in total. The molecule has 0 rings (SSSR count). The molecule has 2 heteroatoms. The zero-order chi connectivity index (χ0) is 10.8. The average Bonchev–Trinajstić information content (AvgIpc) is 2.18. The number of carbonyl (C=O) groups is 1. The summed E-state index contributed by atoms with van der Waals surface area (Å²) in [4.78, 5) is 11.1. The summed E-state index contributed by atoms with van der Waals surface area (Å²) in [6.07, 6.45) is 9.77. The molecule has 0 unspecified atom stereocenters. The lowest BCUT2D eigenvalue weighted by molar-refractivity contribution is -0.120. The van der Waals surface area contributed by atoms with Gasteiger partial charge in [0.05, 0.1) is 0 Å². The number of allylic oxidation sites excluding steroid dienone is 3. The highest BCUT2D eigenvalue weighted by molar-refractivity contribution is 5.77. The quantitative estimate of drug-likeness (QED) is 0.648. The summed E-state index contributed by atoms with van der Waals surface area (Å²) >= 11 is 0. The lowest BCUT2D eigenvalue weighted by Gasteiger charge is -2.03. The monoisotopic (exact) mass is 195 g/mol. The highest BCUT2D eigenvalue weighted by Crippen LogP contribution is 1.98. The van der Waals surface area contributed by atoms with Crippen molar-refractivity contribution in [2.45, 2.75) is 46.5 Å². The maximum atomic E-state index is 11.1. The molecule has 0 heterocycles. The molecule has 0 saturated carbocycles. The fourth-order valence-corrected chi connectivity index (χ4v) is 1.01. The average molecular weight is 195 g/mol. The van der Waals surface area contributed by atoms with Crippen molar-refractivity contribution in [1.29, 1.82) is 0 Å². The van der Waals surface area contributed by atoms with Gasteiger partial charge >= 0.3 is 0 Å². The largest absolute Gasteiger partial charge is 0.326 e. The third kappa shape index (κ3) is 6.46. The standard InChI is InChI=1S/C12H21NO/c1-4-7-8-10-11(9-5-2)13-12(14)6-3/h8-10H,4-7H2,1-3H3,(H,13,14)/b10-8-,11-9+. The molecule has 0 aliphatic rings. The Labute approximate surface area is 87.1 Å². The van der Waals surface area contributed by atoms with Crippen LogP contribution in [-0.4, -0.2) is 5.91 Å². The highest BCUT2D eigenvalue weighted by atomic mass is 16.1. The van der Waals surface area contributed by atoms with Crippen LogP contribution in [0.5, 0.6) is 0 Å². The van der Waals surface area contributed by atoms with Crippen molar-refractivity contribution in [3.8, 4) is 0 Å². The molecular formula is C12H21NO. The Hall–Kier alpha value is -1.05. The van der Waals surface area contributed by atoms with Crippen LogP contribution in [0.2, 0.25) is 0 Å². The summed E-state index contributed by atoms with van der Waals surface area (Å²) in [5.41, 5.74) is 0.924. The van der Waals surface area contributed by atoms with E-state index in [0.29, 0.717) is 6.42 Å². The predicted molar refractivity (Wildman–Crippen MR) is 60.9 cm³/mol. The first kappa shape index (κ1) is 12.9. The Morgan fingerprint density at radius 3 is 2.50 bits per heavy atom. The van der Waals surface area contributed by atoms with Crippen LogP contribution in [0, 0.1) is 0 Å². The summed E-state index contributed by atoms with van der Waals surface area (Å²) in [5.74, 6) is 0.0749. The van der Waals surface area contributed by atoms with Crippen LogP contribution in [0.15, 0.2) is 23.9 Å². The van der Waals surface area contributed by atoms with Gasteiger partial charge in [0.15, 0.2) is 0 Å². The van der Waals surface area contributed by atoms with Gasteiger partial charge in [0.2, 0.25) is 5.91 Å². The number of hydrogen-bond donors (Lipinski definition) is 1. The minimum absolute atomic E-state index is 0.0749. The van der Waals surface area contributed by atoms with Crippen molar-refractivity contribution in [3.63, 3.8) is 0 Å². The molecule has 0 spiro atoms. The Morgan fingerprint density at radius 2 is 2.00 bits per heavy atom. The summed E-state index contributed by atoms with van der Waals surface area (Å²) in [6, 6.07) is 0. The second-order valence-corrected chi connectivity index (χ2v) is 3.16. The molecule has 0 saturated heterocycles. The lowest BCUT2D eigenvalue weighted by atomic mass is 10.2. The van der Waals surface area contributed by atoms with E-state index < -0.39 is 0 Å². The van der Waals surface area contributed by atoms with Crippen LogP contribution >= 0.6 is 0 Å². The number of unbranched alkanes of at least 4 members (excludes halogenated alkanes) is 1. The molecule has 14 heavy (non-hydrogen) atoms. The van der Waals surface area contributed by atoms with Crippen LogP contribution in [0.4, 0.5) is 0 Å². The van der Waals surface area contributed by atoms with Gasteiger partial charge in [0, 0.05) is 12.1 Å². The number of carbonyl (C=O) groups excluding carboxylic acids is 1. The molecule has 0 aliphatic carbocycles. The van der Waals surface area contributed by atoms with Crippen LogP contribution < -0.4 is 5.32 Å². The normalized spacial score (nSPS) is 12.1. The predicted octanol–water partition coefficient (Wildman–Crippen LogP) is 3.16. The van der Waals surface area contributed by atoms with E-state index >= 15 is 0 Å². The molecular weight excluding hydrogens is 174 g/mol. The molecule has 0 bridgehead atoms. The Morgan fingerprint density at radius 1 is 1.29 bits per heavy atom. The van der Waals surface area contributed by atoms with Crippen LogP contribution in [-0.2, 0) is 4.79 Å². The summed E-state index contributed by atoms with van der Waals surface area (Å²) < 4.78 is 0. The Bertz CT molecular complexity index is 216. The summed E-state index contributed by atoms with van der Waals surface area (Å²) in [6.45, 7) is 6.05. The van der Waals surface area contributed by atoms with Crippen molar-refractivity contribution in [2.75, 3.05) is 0 Å². The van der Waals surface area contributed by atoms with Crippen LogP contribution in [0.25, 0.3) is 0 Å². The van der Waals surface area contributed by atoms with Gasteiger partial charge in [-0.25, -0.2) is 0 Å². The first-order valence-electron chi connectivity index (χ1n) is 5.41. The number of hydrogen-bond acceptors (Lipinski definition) is 1. The maximum absolute atomic E-state index is 11.1. The third-order valence-electron chi connectivity index (χ3n) is 1.78. The van der Waals surface area contributed by atoms with Gasteiger partial charge < -0.3 is 5.32 Å². The fourth-order valence-electron chi connectivity index (χ4n) is 1.01. The van der Waals surface area contributed by atoms with Gasteiger partial charge in [-0.05, 0) is 18.9 Å². The van der Waals surface area contributed by atoms with E-state index in [1.807, 2.05) is 19.1 Å². The van der Waals surface area contributed by atoms with E-state index in [-0.39, 0.29) is 5.91 Å². The number of amides is 1. The molecule has 1 amide bonds. The Balaban J connectivity index is 4.16. The van der Waals surface area contributed by atoms with Crippen molar-refractivity contribution < 1.29 is 4.79 Å². The van der Waals surface area contributed by atoms with Crippen molar-refractivity contribution >= 4 is 5.91 Å². The third-order valence-corrected chi connectivity index (χ3v) is 1.78. The molecule has 0 aromatic rings. The zero-order valence-electron chi connectivity index (χ0n) is 9.47. The molecule has 0 fully saturated rings. The minimum atomic E-state index is 0.0749. The number of rotatable bonds is 6. The van der Waals surface area contributed by atoms with Gasteiger partial charge in [0.25, 0.3) is 0 Å². The molecule has 0 aromatic heterocycles. The van der Waals surface area contributed by atoms with Crippen LogP contribution in [0.1, 0.15) is 46.5 Å². The molecule has 1 N–H and O–H groups in total. The van der Waals surface area contributed by atoms with Crippen molar-refractivity contribution in [3.05, 3.63) is 23.9 Å². The van der Waals surface area contributed by atoms with E-state index in [4.69, 9.17) is 0 Å². The lowest BCUT2D eigenvalue weighted by Crippen LogP contribution is -2.20. The summed E-state index contributed by atoms with van der Waals surface area (Å²) in [7, 11) is 0. The first-order valence-corrected chi connectivity index (χ1v) is 5.41. The molecule has 0 radical (unpaired) electrons. The SMILES string of the molecule is CC/C=C(\C=C/CCC)NC(=O)CC. The molecule has 80 valence electrons. The Kier molecular flexibility index (Phi) is 7.90. The van der Waals surface area contributed by atoms with E-state index in [2.05, 4.69) is 25.2 Å². The first-order chi connectivity index (χ1) is 6.74. The zero-order valence-corrected chi connectivity index (χ0v) is 9.47. The van der Waals surface area contributed by atoms with Crippen molar-refractivity contribution in [2.24, 2.45) is 0 Å². The van der Waals surface area contributed by atoms with E-state index in [1.165, 1.54) is 0 Å². The van der Waals surface area contributed by atoms with Gasteiger partial charge in [-0.15, -0.1) is 0 Å². The van der Waals surface area contributed by atoms with Gasteiger partial charge in [-0.3, -0.25) is 4.79 Å². The smallest absolute Gasteiger partial charge is 0.224 e. The molecule has 0 aromatic carbocycles. The second kappa shape index (κ2) is 8.54. The highest BCUT2D eigenvalue weighted by Gasteiger charge is 1.97. The van der Waals surface area contributed by atoms with Gasteiger partial charge in [-0.1, -0.05) is 39.3 Å². The number of nitrogens with one attached hydrogen (secondary N) is 1. The molecule has 0 aliphatic heterocycles. The van der Waals surface area contributed by atoms with Gasteiger partial charge in [-0.2, -0.15) is 0 Å². The molecule has 0 atom stereocenters. The summed E-state index contributed by atoms with van der Waals surface area (Å²) in [5, 5.41) is 2.86. The second-order valence-electron chi connectivity index (χ2n) is 3.16.